The van der Waals surface area contributed by atoms with Gasteiger partial charge in [0.05, 0.1) is 0 Å². The summed E-state index contributed by atoms with van der Waals surface area (Å²) in [6.07, 6.45) is 7.05. The summed E-state index contributed by atoms with van der Waals surface area (Å²) >= 11 is 1.89. The topological polar surface area (TPSA) is 42.1 Å². The normalized spacial score (nSPS) is 14.9. The average Bonchev–Trinajstić information content (AvgIpc) is 2.38. The van der Waals surface area contributed by atoms with Crippen molar-refractivity contribution in [1.29, 1.82) is 0 Å². The fraction of sp³-hybridized carbons (Fsp3) is 0.615. The third-order valence-electron chi connectivity index (χ3n) is 3.22. The molecule has 1 rings (SSSR count). The highest BCUT2D eigenvalue weighted by Crippen LogP contribution is 2.21. The van der Waals surface area contributed by atoms with Crippen molar-refractivity contribution in [3.63, 3.8) is 0 Å². The first-order valence-corrected chi connectivity index (χ1v) is 7.41. The summed E-state index contributed by atoms with van der Waals surface area (Å²) in [6.45, 7) is 2.89. The highest BCUT2D eigenvalue weighted by molar-refractivity contribution is 7.98. The lowest BCUT2D eigenvalue weighted by molar-refractivity contribution is 0.185. The standard InChI is InChI=1S/C13H23N3S/c1-11(6-8-17-3)16(2)13(9-14)12-5-4-7-15-10-12/h4-5,7,10-11,13H,6,8-9,14H2,1-3H3. The first-order valence-electron chi connectivity index (χ1n) is 6.01. The summed E-state index contributed by atoms with van der Waals surface area (Å²) in [7, 11) is 2.15. The molecule has 0 saturated carbocycles. The maximum absolute atomic E-state index is 5.90. The Morgan fingerprint density at radius 2 is 2.29 bits per heavy atom. The van der Waals surface area contributed by atoms with E-state index >= 15 is 0 Å². The van der Waals surface area contributed by atoms with Gasteiger partial charge in [0.15, 0.2) is 0 Å². The monoisotopic (exact) mass is 253 g/mol. The fourth-order valence-corrected chi connectivity index (χ4v) is 2.49. The second kappa shape index (κ2) is 7.69. The van der Waals surface area contributed by atoms with Crippen LogP contribution in [0.2, 0.25) is 0 Å². The second-order valence-corrected chi connectivity index (χ2v) is 5.32. The molecule has 0 bridgehead atoms. The number of rotatable bonds is 7. The highest BCUT2D eigenvalue weighted by atomic mass is 32.2. The highest BCUT2D eigenvalue weighted by Gasteiger charge is 2.19. The van der Waals surface area contributed by atoms with Crippen LogP contribution in [0.1, 0.15) is 24.9 Å². The Balaban J connectivity index is 2.67. The van der Waals surface area contributed by atoms with E-state index in [4.69, 9.17) is 5.73 Å². The Hall–Kier alpha value is -0.580. The van der Waals surface area contributed by atoms with E-state index in [-0.39, 0.29) is 6.04 Å². The lowest BCUT2D eigenvalue weighted by atomic mass is 10.1. The van der Waals surface area contributed by atoms with Crippen molar-refractivity contribution < 1.29 is 0 Å². The number of nitrogens with zero attached hydrogens (tertiary/aromatic N) is 2. The van der Waals surface area contributed by atoms with Crippen LogP contribution in [-0.4, -0.2) is 41.5 Å². The molecule has 0 aromatic carbocycles. The zero-order valence-corrected chi connectivity index (χ0v) is 11.8. The third kappa shape index (κ3) is 4.30. The van der Waals surface area contributed by atoms with Gasteiger partial charge in [-0.3, -0.25) is 9.88 Å². The fourth-order valence-electron chi connectivity index (χ4n) is 1.91. The van der Waals surface area contributed by atoms with Gasteiger partial charge in [0, 0.05) is 31.0 Å². The molecular formula is C13H23N3S. The lowest BCUT2D eigenvalue weighted by Gasteiger charge is -2.32. The maximum atomic E-state index is 5.90. The SMILES string of the molecule is CSCCC(C)N(C)C(CN)c1cccnc1. The van der Waals surface area contributed by atoms with Gasteiger partial charge in [-0.25, -0.2) is 0 Å². The maximum Gasteiger partial charge on any atom is 0.0485 e. The second-order valence-electron chi connectivity index (χ2n) is 4.33. The van der Waals surface area contributed by atoms with Crippen LogP contribution in [0.4, 0.5) is 0 Å². The van der Waals surface area contributed by atoms with E-state index in [2.05, 4.69) is 36.2 Å². The first-order chi connectivity index (χ1) is 8.20. The van der Waals surface area contributed by atoms with E-state index in [0.717, 1.165) is 0 Å². The summed E-state index contributed by atoms with van der Waals surface area (Å²) in [5.41, 5.74) is 7.10. The van der Waals surface area contributed by atoms with Gasteiger partial charge in [-0.05, 0) is 44.0 Å². The van der Waals surface area contributed by atoms with E-state index in [1.807, 2.05) is 24.0 Å². The van der Waals surface area contributed by atoms with Crippen LogP contribution < -0.4 is 5.73 Å². The molecule has 0 aliphatic heterocycles. The number of thioether (sulfide) groups is 1. The average molecular weight is 253 g/mol. The van der Waals surface area contributed by atoms with Crippen molar-refractivity contribution in [1.82, 2.24) is 9.88 Å². The molecule has 1 aromatic rings. The van der Waals surface area contributed by atoms with E-state index < -0.39 is 0 Å². The number of pyridine rings is 1. The van der Waals surface area contributed by atoms with Crippen LogP contribution in [0, 0.1) is 0 Å². The Kier molecular flexibility index (Phi) is 6.55. The van der Waals surface area contributed by atoms with Gasteiger partial charge >= 0.3 is 0 Å². The van der Waals surface area contributed by atoms with Gasteiger partial charge < -0.3 is 5.73 Å². The Morgan fingerprint density at radius 1 is 1.53 bits per heavy atom. The number of hydrogen-bond donors (Lipinski definition) is 1. The largest absolute Gasteiger partial charge is 0.329 e. The van der Waals surface area contributed by atoms with Crippen molar-refractivity contribution in [2.45, 2.75) is 25.4 Å². The van der Waals surface area contributed by atoms with Crippen LogP contribution in [0.5, 0.6) is 0 Å². The Labute approximate surface area is 109 Å². The number of nitrogens with two attached hydrogens (primary N) is 1. The summed E-state index contributed by atoms with van der Waals surface area (Å²) in [6, 6.07) is 4.87. The Bertz CT molecular complexity index is 305. The summed E-state index contributed by atoms with van der Waals surface area (Å²) in [5, 5.41) is 0. The van der Waals surface area contributed by atoms with Gasteiger partial charge in [-0.1, -0.05) is 6.07 Å². The molecule has 0 aliphatic rings. The predicted octanol–water partition coefficient (Wildman–Crippen LogP) is 2.15. The van der Waals surface area contributed by atoms with Crippen molar-refractivity contribution in [3.8, 4) is 0 Å². The van der Waals surface area contributed by atoms with Crippen LogP contribution >= 0.6 is 11.8 Å². The van der Waals surface area contributed by atoms with Gasteiger partial charge in [-0.2, -0.15) is 11.8 Å². The molecule has 0 amide bonds. The molecule has 1 aromatic heterocycles. The molecule has 2 N–H and O–H groups in total. The molecule has 3 nitrogen and oxygen atoms in total. The molecule has 96 valence electrons. The molecule has 0 fully saturated rings. The van der Waals surface area contributed by atoms with Crippen LogP contribution in [0.3, 0.4) is 0 Å². The van der Waals surface area contributed by atoms with Crippen LogP contribution in [0.15, 0.2) is 24.5 Å². The molecule has 0 radical (unpaired) electrons. The molecule has 17 heavy (non-hydrogen) atoms. The number of likely N-dealkylation sites (N-methyl/N-ethyl adjacent to an activating group) is 1. The summed E-state index contributed by atoms with van der Waals surface area (Å²) in [5.74, 6) is 1.19. The quantitative estimate of drug-likeness (QED) is 0.808. The zero-order valence-electron chi connectivity index (χ0n) is 11.0. The van der Waals surface area contributed by atoms with Crippen LogP contribution in [-0.2, 0) is 0 Å². The molecule has 2 unspecified atom stereocenters. The molecule has 4 heteroatoms. The zero-order chi connectivity index (χ0) is 12.7. The number of aromatic nitrogens is 1. The van der Waals surface area contributed by atoms with Gasteiger partial charge in [0.1, 0.15) is 0 Å². The van der Waals surface area contributed by atoms with Crippen molar-refractivity contribution in [2.24, 2.45) is 5.73 Å². The van der Waals surface area contributed by atoms with Gasteiger partial charge in [0.2, 0.25) is 0 Å². The molecular weight excluding hydrogens is 230 g/mol. The van der Waals surface area contributed by atoms with Crippen LogP contribution in [0.25, 0.3) is 0 Å². The van der Waals surface area contributed by atoms with E-state index in [9.17, 15) is 0 Å². The van der Waals surface area contributed by atoms with E-state index in [1.165, 1.54) is 17.7 Å². The minimum Gasteiger partial charge on any atom is -0.329 e. The minimum atomic E-state index is 0.264. The van der Waals surface area contributed by atoms with Crippen molar-refractivity contribution >= 4 is 11.8 Å². The molecule has 0 aliphatic carbocycles. The summed E-state index contributed by atoms with van der Waals surface area (Å²) in [4.78, 5) is 6.53. The summed E-state index contributed by atoms with van der Waals surface area (Å²) < 4.78 is 0. The third-order valence-corrected chi connectivity index (χ3v) is 3.86. The molecule has 0 spiro atoms. The Morgan fingerprint density at radius 3 is 2.82 bits per heavy atom. The van der Waals surface area contributed by atoms with Gasteiger partial charge in [0.25, 0.3) is 0 Å². The van der Waals surface area contributed by atoms with Gasteiger partial charge in [-0.15, -0.1) is 0 Å². The van der Waals surface area contributed by atoms with E-state index in [0.29, 0.717) is 12.6 Å². The predicted molar refractivity (Wildman–Crippen MR) is 76.3 cm³/mol. The van der Waals surface area contributed by atoms with Crippen molar-refractivity contribution in [2.75, 3.05) is 25.6 Å². The smallest absolute Gasteiger partial charge is 0.0485 e. The number of hydrogen-bond acceptors (Lipinski definition) is 4. The molecule has 1 heterocycles. The molecule has 2 atom stereocenters. The minimum absolute atomic E-state index is 0.264. The lowest BCUT2D eigenvalue weighted by Crippen LogP contribution is -2.37. The molecule has 0 saturated heterocycles. The van der Waals surface area contributed by atoms with E-state index in [1.54, 1.807) is 6.20 Å². The first kappa shape index (κ1) is 14.5. The van der Waals surface area contributed by atoms with Crippen molar-refractivity contribution in [3.05, 3.63) is 30.1 Å².